The topological polar surface area (TPSA) is 109 Å². The molecule has 2 aliphatic rings. The van der Waals surface area contributed by atoms with Gasteiger partial charge in [0.05, 0.1) is 17.5 Å². The number of H-pyrrole nitrogens is 1. The summed E-state index contributed by atoms with van der Waals surface area (Å²) in [6, 6.07) is 12.6. The number of hydrogen-bond donors (Lipinski definition) is 2. The third-order valence-corrected chi connectivity index (χ3v) is 8.13. The van der Waals surface area contributed by atoms with Gasteiger partial charge in [0.1, 0.15) is 29.4 Å². The van der Waals surface area contributed by atoms with Gasteiger partial charge in [-0.3, -0.25) is 14.4 Å². The van der Waals surface area contributed by atoms with E-state index in [4.69, 9.17) is 0 Å². The molecule has 1 saturated carbocycles. The molecule has 1 aliphatic carbocycles. The summed E-state index contributed by atoms with van der Waals surface area (Å²) in [5, 5.41) is 12.8. The van der Waals surface area contributed by atoms with Crippen LogP contribution >= 0.6 is 0 Å². The number of anilines is 1. The van der Waals surface area contributed by atoms with E-state index in [1.165, 1.54) is 22.9 Å². The van der Waals surface area contributed by atoms with Crippen LogP contribution < -0.4 is 5.32 Å². The molecule has 0 bridgehead atoms. The van der Waals surface area contributed by atoms with Gasteiger partial charge < -0.3 is 20.1 Å². The highest BCUT2D eigenvalue weighted by Gasteiger charge is 2.43. The maximum Gasteiger partial charge on any atom is 0.270 e. The van der Waals surface area contributed by atoms with Gasteiger partial charge in [0.2, 0.25) is 11.8 Å². The number of para-hydroxylation sites is 1. The number of amides is 3. The quantitative estimate of drug-likeness (QED) is 0.441. The van der Waals surface area contributed by atoms with Crippen LogP contribution in [-0.4, -0.2) is 58.2 Å². The Labute approximate surface area is 230 Å². The molecule has 3 atom stereocenters. The molecule has 5 rings (SSSR count). The van der Waals surface area contributed by atoms with Gasteiger partial charge >= 0.3 is 0 Å². The molecule has 2 fully saturated rings. The second-order valence-electron chi connectivity index (χ2n) is 10.8. The highest BCUT2D eigenvalue weighted by atomic mass is 19.1. The molecular weight excluding hydrogens is 516 g/mol. The fraction of sp³-hybridized carbons (Fsp3) is 0.400. The van der Waals surface area contributed by atoms with E-state index >= 15 is 0 Å². The van der Waals surface area contributed by atoms with Crippen LogP contribution in [0.25, 0.3) is 10.9 Å². The zero-order chi connectivity index (χ0) is 28.4. The molecule has 2 heterocycles. The molecule has 3 unspecified atom stereocenters. The highest BCUT2D eigenvalue weighted by molar-refractivity contribution is 6.00. The first kappa shape index (κ1) is 27.3. The zero-order valence-electron chi connectivity index (χ0n) is 22.2. The van der Waals surface area contributed by atoms with Crippen LogP contribution in [0.1, 0.15) is 49.0 Å². The molecule has 3 aromatic rings. The number of fused-ring (bicyclic) bond motifs is 1. The lowest BCUT2D eigenvalue weighted by Gasteiger charge is -2.33. The highest BCUT2D eigenvalue weighted by Crippen LogP contribution is 2.33. The van der Waals surface area contributed by atoms with Crippen molar-refractivity contribution in [1.82, 2.24) is 14.8 Å². The number of carbonyl (C=O) groups excluding carboxylic acids is 3. The van der Waals surface area contributed by atoms with Crippen molar-refractivity contribution in [2.24, 2.45) is 11.8 Å². The van der Waals surface area contributed by atoms with Crippen molar-refractivity contribution in [1.29, 1.82) is 5.26 Å². The van der Waals surface area contributed by atoms with Crippen molar-refractivity contribution < 1.29 is 23.2 Å². The summed E-state index contributed by atoms with van der Waals surface area (Å²) in [6.45, 7) is 0.0653. The van der Waals surface area contributed by atoms with Crippen molar-refractivity contribution in [2.45, 2.75) is 50.6 Å². The zero-order valence-corrected chi connectivity index (χ0v) is 22.2. The van der Waals surface area contributed by atoms with Crippen molar-refractivity contribution in [2.75, 3.05) is 18.9 Å². The Hall–Kier alpha value is -4.26. The summed E-state index contributed by atoms with van der Waals surface area (Å²) in [5.74, 6) is -3.11. The maximum atomic E-state index is 14.3. The van der Waals surface area contributed by atoms with Gasteiger partial charge in [0, 0.05) is 30.7 Å². The third-order valence-electron chi connectivity index (χ3n) is 8.13. The number of benzene rings is 2. The Morgan fingerprint density at radius 2 is 1.88 bits per heavy atom. The Bertz CT molecular complexity index is 1460. The summed E-state index contributed by atoms with van der Waals surface area (Å²) >= 11 is 0. The first-order valence-corrected chi connectivity index (χ1v) is 13.6. The molecule has 10 heteroatoms. The molecular formula is C30H31F2N5O3. The number of rotatable bonds is 7. The number of nitrogens with zero attached hydrogens (tertiary/aromatic N) is 3. The van der Waals surface area contributed by atoms with E-state index in [0.717, 1.165) is 37.8 Å². The van der Waals surface area contributed by atoms with E-state index in [0.29, 0.717) is 12.1 Å². The average molecular weight is 548 g/mol. The van der Waals surface area contributed by atoms with E-state index in [1.807, 2.05) is 6.07 Å². The number of aromatic nitrogens is 1. The van der Waals surface area contributed by atoms with Crippen LogP contribution in [0.5, 0.6) is 0 Å². The van der Waals surface area contributed by atoms with E-state index in [2.05, 4.69) is 16.4 Å². The van der Waals surface area contributed by atoms with Gasteiger partial charge in [0.15, 0.2) is 0 Å². The molecule has 3 amide bonds. The van der Waals surface area contributed by atoms with Crippen LogP contribution in [-0.2, 0) is 9.59 Å². The molecule has 8 nitrogen and oxygen atoms in total. The predicted molar refractivity (Wildman–Crippen MR) is 145 cm³/mol. The summed E-state index contributed by atoms with van der Waals surface area (Å²) in [6.07, 6.45) is 4.57. The second-order valence-corrected chi connectivity index (χ2v) is 10.8. The predicted octanol–water partition coefficient (Wildman–Crippen LogP) is 4.85. The number of halogens is 2. The fourth-order valence-corrected chi connectivity index (χ4v) is 5.94. The van der Waals surface area contributed by atoms with E-state index in [1.54, 1.807) is 24.3 Å². The molecule has 0 spiro atoms. The smallest absolute Gasteiger partial charge is 0.270 e. The fourth-order valence-electron chi connectivity index (χ4n) is 5.94. The number of aromatic amines is 1. The number of nitrogens with one attached hydrogen (secondary N) is 2. The monoisotopic (exact) mass is 547 g/mol. The van der Waals surface area contributed by atoms with Crippen LogP contribution in [0.4, 0.5) is 14.5 Å². The van der Waals surface area contributed by atoms with E-state index in [9.17, 15) is 28.4 Å². The van der Waals surface area contributed by atoms with Crippen LogP contribution in [0, 0.1) is 34.8 Å². The molecule has 208 valence electrons. The first-order chi connectivity index (χ1) is 19.2. The summed E-state index contributed by atoms with van der Waals surface area (Å²) < 4.78 is 28.0. The normalized spacial score (nSPS) is 19.9. The number of hydrogen-bond acceptors (Lipinski definition) is 4. The third kappa shape index (κ3) is 5.55. The Morgan fingerprint density at radius 3 is 2.58 bits per heavy atom. The van der Waals surface area contributed by atoms with Gasteiger partial charge in [-0.25, -0.2) is 8.78 Å². The largest absolute Gasteiger partial charge is 0.350 e. The summed E-state index contributed by atoms with van der Waals surface area (Å²) in [5.41, 5.74) is 0.804. The number of likely N-dealkylation sites (N-methyl/N-ethyl adjacent to an activating group) is 1. The van der Waals surface area contributed by atoms with Gasteiger partial charge in [0.25, 0.3) is 5.91 Å². The minimum atomic E-state index is -0.879. The molecule has 1 saturated heterocycles. The molecule has 1 aliphatic heterocycles. The number of carbonyl (C=O) groups is 3. The van der Waals surface area contributed by atoms with Crippen LogP contribution in [0.15, 0.2) is 48.5 Å². The van der Waals surface area contributed by atoms with Crippen molar-refractivity contribution in [3.63, 3.8) is 0 Å². The van der Waals surface area contributed by atoms with Crippen LogP contribution in [0.3, 0.4) is 0 Å². The van der Waals surface area contributed by atoms with Gasteiger partial charge in [-0.2, -0.15) is 5.26 Å². The summed E-state index contributed by atoms with van der Waals surface area (Å²) in [7, 11) is 1.51. The Kier molecular flexibility index (Phi) is 7.83. The van der Waals surface area contributed by atoms with Crippen LogP contribution in [0.2, 0.25) is 0 Å². The lowest BCUT2D eigenvalue weighted by molar-refractivity contribution is -0.136. The second kappa shape index (κ2) is 11.5. The average Bonchev–Trinajstić information content (AvgIpc) is 3.71. The maximum absolute atomic E-state index is 14.3. The van der Waals surface area contributed by atoms with Gasteiger partial charge in [-0.1, -0.05) is 43.9 Å². The molecule has 40 heavy (non-hydrogen) atoms. The van der Waals surface area contributed by atoms with E-state index < -0.39 is 41.5 Å². The number of nitriles is 1. The first-order valence-electron chi connectivity index (χ1n) is 13.6. The standard InChI is InChI=1S/C30H31F2N5O3/c1-36(29(39)26-15-23-24(32)13-20(31)14-25(23)35-26)27(11-18-7-5-6-8-18)30(40)37-17-19(12-22(37)16-33)28(38)34-21-9-3-2-4-10-21/h2-4,9-10,13-15,18-19,22,27,35H,5-8,11-12,17H2,1H3,(H,34,38). The van der Waals surface area contributed by atoms with Crippen molar-refractivity contribution in [3.05, 3.63) is 65.9 Å². The molecule has 0 radical (unpaired) electrons. The minimum absolute atomic E-state index is 0.0320. The Morgan fingerprint density at radius 1 is 1.15 bits per heavy atom. The SMILES string of the molecule is CN(C(=O)c1cc2c(F)cc(F)cc2[nH]1)C(CC1CCCC1)C(=O)N1CC(C(=O)Nc2ccccc2)CC1C#N. The minimum Gasteiger partial charge on any atom is -0.350 e. The molecule has 1 aromatic heterocycles. The Balaban J connectivity index is 1.38. The molecule has 2 aromatic carbocycles. The van der Waals surface area contributed by atoms with Crippen molar-refractivity contribution >= 4 is 34.3 Å². The molecule has 2 N–H and O–H groups in total. The van der Waals surface area contributed by atoms with E-state index in [-0.39, 0.29) is 41.4 Å². The summed E-state index contributed by atoms with van der Waals surface area (Å²) in [4.78, 5) is 46.0. The van der Waals surface area contributed by atoms with Gasteiger partial charge in [-0.05, 0) is 43.0 Å². The lowest BCUT2D eigenvalue weighted by atomic mass is 9.96. The van der Waals surface area contributed by atoms with Crippen molar-refractivity contribution in [3.8, 4) is 6.07 Å². The van der Waals surface area contributed by atoms with Gasteiger partial charge in [-0.15, -0.1) is 0 Å². The lowest BCUT2D eigenvalue weighted by Crippen LogP contribution is -2.51. The number of likely N-dealkylation sites (tertiary alicyclic amines) is 1.